The minimum atomic E-state index is -0.459. The van der Waals surface area contributed by atoms with Crippen molar-refractivity contribution in [2.45, 2.75) is 26.0 Å². The van der Waals surface area contributed by atoms with E-state index in [1.54, 1.807) is 6.08 Å². The zero-order chi connectivity index (χ0) is 16.5. The van der Waals surface area contributed by atoms with Gasteiger partial charge in [0.15, 0.2) is 5.96 Å². The largest absolute Gasteiger partial charge is 0.390 e. The van der Waals surface area contributed by atoms with Crippen molar-refractivity contribution in [2.24, 2.45) is 4.99 Å². The molecule has 1 atom stereocenters. The highest BCUT2D eigenvalue weighted by Gasteiger charge is 2.18. The Labute approximate surface area is 139 Å². The van der Waals surface area contributed by atoms with Crippen LogP contribution in [0, 0.1) is 0 Å². The molecule has 1 aliphatic heterocycles. The van der Waals surface area contributed by atoms with Crippen LogP contribution in [0.1, 0.15) is 18.1 Å². The number of benzene rings is 1. The number of β-amino-alcohol motifs (C(OH)–C–C–N with tert-alkyl or cyclic N) is 1. The molecule has 0 saturated heterocycles. The summed E-state index contributed by atoms with van der Waals surface area (Å²) in [7, 11) is 0. The smallest absolute Gasteiger partial charge is 0.191 e. The molecule has 3 N–H and O–H groups in total. The SMILES string of the molecule is C=CCNC(=NCC(O)CN1CCc2ccccc2C1)NCC. The molecule has 0 bridgehead atoms. The lowest BCUT2D eigenvalue weighted by Gasteiger charge is -2.30. The Morgan fingerprint density at radius 1 is 1.39 bits per heavy atom. The predicted molar refractivity (Wildman–Crippen MR) is 95.6 cm³/mol. The van der Waals surface area contributed by atoms with Crippen molar-refractivity contribution in [3.05, 3.63) is 48.0 Å². The van der Waals surface area contributed by atoms with Crippen LogP contribution in [0.3, 0.4) is 0 Å². The average Bonchev–Trinajstić information content (AvgIpc) is 2.57. The maximum absolute atomic E-state index is 10.3. The Kier molecular flexibility index (Phi) is 7.10. The highest BCUT2D eigenvalue weighted by atomic mass is 16.3. The standard InChI is InChI=1S/C18H28N4O/c1-3-10-20-18(19-4-2)21-12-17(23)14-22-11-9-15-7-5-6-8-16(15)13-22/h3,5-8,17,23H,1,4,9-14H2,2H3,(H2,19,20,21). The maximum atomic E-state index is 10.3. The molecule has 0 fully saturated rings. The summed E-state index contributed by atoms with van der Waals surface area (Å²) in [6.07, 6.45) is 2.38. The molecule has 1 aromatic carbocycles. The summed E-state index contributed by atoms with van der Waals surface area (Å²) in [5, 5.41) is 16.6. The summed E-state index contributed by atoms with van der Waals surface area (Å²) in [6, 6.07) is 8.55. The number of aliphatic imine (C=N–C) groups is 1. The van der Waals surface area contributed by atoms with Crippen LogP contribution in [0.4, 0.5) is 0 Å². The first-order valence-electron chi connectivity index (χ1n) is 8.33. The Balaban J connectivity index is 1.82. The van der Waals surface area contributed by atoms with Crippen LogP contribution in [-0.4, -0.2) is 54.8 Å². The average molecular weight is 316 g/mol. The minimum Gasteiger partial charge on any atom is -0.390 e. The molecule has 2 rings (SSSR count). The quantitative estimate of drug-likeness (QED) is 0.401. The summed E-state index contributed by atoms with van der Waals surface area (Å²) >= 11 is 0. The van der Waals surface area contributed by atoms with Gasteiger partial charge in [-0.05, 0) is 24.5 Å². The molecule has 1 heterocycles. The van der Waals surface area contributed by atoms with E-state index in [-0.39, 0.29) is 0 Å². The van der Waals surface area contributed by atoms with Gasteiger partial charge in [0.25, 0.3) is 0 Å². The second-order valence-electron chi connectivity index (χ2n) is 5.80. The Morgan fingerprint density at radius 2 is 2.17 bits per heavy atom. The third kappa shape index (κ3) is 5.69. The maximum Gasteiger partial charge on any atom is 0.191 e. The Hall–Kier alpha value is -1.85. The van der Waals surface area contributed by atoms with E-state index in [4.69, 9.17) is 0 Å². The molecular formula is C18H28N4O. The minimum absolute atomic E-state index is 0.393. The van der Waals surface area contributed by atoms with Crippen molar-refractivity contribution in [3.63, 3.8) is 0 Å². The molecule has 23 heavy (non-hydrogen) atoms. The van der Waals surface area contributed by atoms with Gasteiger partial charge < -0.3 is 15.7 Å². The topological polar surface area (TPSA) is 59.9 Å². The van der Waals surface area contributed by atoms with Gasteiger partial charge in [-0.3, -0.25) is 9.89 Å². The van der Waals surface area contributed by atoms with E-state index in [1.807, 2.05) is 6.92 Å². The third-order valence-corrected chi connectivity index (χ3v) is 3.90. The molecule has 126 valence electrons. The van der Waals surface area contributed by atoms with Crippen LogP contribution in [-0.2, 0) is 13.0 Å². The zero-order valence-electron chi connectivity index (χ0n) is 14.0. The number of guanidine groups is 1. The number of fused-ring (bicyclic) bond motifs is 1. The van der Waals surface area contributed by atoms with E-state index in [9.17, 15) is 5.11 Å². The molecule has 1 aliphatic rings. The molecule has 5 heteroatoms. The molecule has 0 amide bonds. The first-order chi connectivity index (χ1) is 11.2. The number of aliphatic hydroxyl groups excluding tert-OH is 1. The molecule has 0 radical (unpaired) electrons. The van der Waals surface area contributed by atoms with Gasteiger partial charge in [-0.15, -0.1) is 6.58 Å². The second kappa shape index (κ2) is 9.33. The monoisotopic (exact) mass is 316 g/mol. The second-order valence-corrected chi connectivity index (χ2v) is 5.80. The van der Waals surface area contributed by atoms with E-state index in [0.29, 0.717) is 19.6 Å². The van der Waals surface area contributed by atoms with E-state index in [2.05, 4.69) is 51.4 Å². The molecule has 1 unspecified atom stereocenters. The van der Waals surface area contributed by atoms with Gasteiger partial charge in [0, 0.05) is 32.7 Å². The lowest BCUT2D eigenvalue weighted by Crippen LogP contribution is -2.40. The first kappa shape index (κ1) is 17.5. The van der Waals surface area contributed by atoms with E-state index in [0.717, 1.165) is 32.0 Å². The van der Waals surface area contributed by atoms with E-state index in [1.165, 1.54) is 11.1 Å². The molecular weight excluding hydrogens is 288 g/mol. The highest BCUT2D eigenvalue weighted by molar-refractivity contribution is 5.79. The van der Waals surface area contributed by atoms with Crippen LogP contribution in [0.5, 0.6) is 0 Å². The fraction of sp³-hybridized carbons (Fsp3) is 0.500. The molecule has 0 spiro atoms. The summed E-state index contributed by atoms with van der Waals surface area (Å²) in [5.41, 5.74) is 2.80. The number of nitrogens with zero attached hydrogens (tertiary/aromatic N) is 2. The van der Waals surface area contributed by atoms with Crippen molar-refractivity contribution in [1.29, 1.82) is 0 Å². The summed E-state index contributed by atoms with van der Waals surface area (Å²) in [4.78, 5) is 6.73. The normalized spacial score (nSPS) is 16.5. The Bertz CT molecular complexity index is 530. The molecule has 0 aliphatic carbocycles. The Morgan fingerprint density at radius 3 is 2.91 bits per heavy atom. The molecule has 0 aromatic heterocycles. The number of rotatable bonds is 7. The number of hydrogen-bond acceptors (Lipinski definition) is 3. The molecule has 5 nitrogen and oxygen atoms in total. The summed E-state index contributed by atoms with van der Waals surface area (Å²) in [5.74, 6) is 0.718. The van der Waals surface area contributed by atoms with Gasteiger partial charge >= 0.3 is 0 Å². The number of nitrogens with one attached hydrogen (secondary N) is 2. The van der Waals surface area contributed by atoms with Gasteiger partial charge in [-0.2, -0.15) is 0 Å². The van der Waals surface area contributed by atoms with E-state index >= 15 is 0 Å². The predicted octanol–water partition coefficient (Wildman–Crippen LogP) is 1.15. The van der Waals surface area contributed by atoms with E-state index < -0.39 is 6.10 Å². The van der Waals surface area contributed by atoms with Gasteiger partial charge in [0.1, 0.15) is 0 Å². The van der Waals surface area contributed by atoms with Crippen LogP contribution < -0.4 is 10.6 Å². The summed E-state index contributed by atoms with van der Waals surface area (Å²) in [6.45, 7) is 10.1. The lowest BCUT2D eigenvalue weighted by molar-refractivity contribution is 0.111. The number of hydrogen-bond donors (Lipinski definition) is 3. The fourth-order valence-corrected chi connectivity index (χ4v) is 2.77. The van der Waals surface area contributed by atoms with Crippen LogP contribution in [0.2, 0.25) is 0 Å². The van der Waals surface area contributed by atoms with Crippen molar-refractivity contribution in [1.82, 2.24) is 15.5 Å². The first-order valence-corrected chi connectivity index (χ1v) is 8.33. The molecule has 0 saturated carbocycles. The van der Waals surface area contributed by atoms with Crippen molar-refractivity contribution < 1.29 is 5.11 Å². The van der Waals surface area contributed by atoms with Crippen molar-refractivity contribution in [3.8, 4) is 0 Å². The van der Waals surface area contributed by atoms with Gasteiger partial charge in [0.05, 0.1) is 12.6 Å². The van der Waals surface area contributed by atoms with Gasteiger partial charge in [-0.25, -0.2) is 0 Å². The highest BCUT2D eigenvalue weighted by Crippen LogP contribution is 2.18. The van der Waals surface area contributed by atoms with Crippen molar-refractivity contribution in [2.75, 3.05) is 32.7 Å². The van der Waals surface area contributed by atoms with Crippen LogP contribution >= 0.6 is 0 Å². The number of aliphatic hydroxyl groups is 1. The summed E-state index contributed by atoms with van der Waals surface area (Å²) < 4.78 is 0. The lowest BCUT2D eigenvalue weighted by atomic mass is 10.00. The molecule has 1 aromatic rings. The van der Waals surface area contributed by atoms with Crippen molar-refractivity contribution >= 4 is 5.96 Å². The van der Waals surface area contributed by atoms with Gasteiger partial charge in [-0.1, -0.05) is 30.3 Å². The van der Waals surface area contributed by atoms with Crippen LogP contribution in [0.25, 0.3) is 0 Å². The third-order valence-electron chi connectivity index (χ3n) is 3.90. The zero-order valence-corrected chi connectivity index (χ0v) is 14.0. The fourth-order valence-electron chi connectivity index (χ4n) is 2.77. The van der Waals surface area contributed by atoms with Crippen LogP contribution in [0.15, 0.2) is 41.9 Å². The van der Waals surface area contributed by atoms with Gasteiger partial charge in [0.2, 0.25) is 0 Å².